The van der Waals surface area contributed by atoms with E-state index in [1.165, 1.54) is 0 Å². The molecule has 2 nitrogen and oxygen atoms in total. The second-order valence-corrected chi connectivity index (χ2v) is 5.03. The van der Waals surface area contributed by atoms with Gasteiger partial charge in [-0.25, -0.2) is 0 Å². The van der Waals surface area contributed by atoms with Gasteiger partial charge in [0.2, 0.25) is 0 Å². The highest BCUT2D eigenvalue weighted by Crippen LogP contribution is 2.30. The van der Waals surface area contributed by atoms with Crippen LogP contribution in [0.3, 0.4) is 0 Å². The zero-order chi connectivity index (χ0) is 13.1. The first-order chi connectivity index (χ1) is 8.61. The van der Waals surface area contributed by atoms with Crippen LogP contribution < -0.4 is 5.32 Å². The number of nitrogens with zero attached hydrogens (tertiary/aromatic N) is 1. The lowest BCUT2D eigenvalue weighted by molar-refractivity contribution is 0.688. The van der Waals surface area contributed by atoms with Crippen LogP contribution in [-0.2, 0) is 0 Å². The first-order valence-corrected chi connectivity index (χ1v) is 6.41. The number of rotatable bonds is 3. The monoisotopic (exact) mass is 280 g/mol. The summed E-state index contributed by atoms with van der Waals surface area (Å²) in [5.74, 6) is 0. The highest BCUT2D eigenvalue weighted by atomic mass is 35.5. The molecule has 1 unspecified atom stereocenters. The molecule has 0 aliphatic rings. The van der Waals surface area contributed by atoms with Crippen molar-refractivity contribution in [2.24, 2.45) is 0 Å². The van der Waals surface area contributed by atoms with E-state index in [2.05, 4.69) is 16.4 Å². The van der Waals surface area contributed by atoms with E-state index in [1.54, 1.807) is 6.07 Å². The molecule has 0 fully saturated rings. The third kappa shape index (κ3) is 2.83. The maximum Gasteiger partial charge on any atom is 0.0604 e. The largest absolute Gasteiger partial charge is 0.309 e. The van der Waals surface area contributed by atoms with Crippen molar-refractivity contribution in [3.8, 4) is 0 Å². The first-order valence-electron chi connectivity index (χ1n) is 5.65. The Balaban J connectivity index is 2.48. The van der Waals surface area contributed by atoms with Crippen molar-refractivity contribution < 1.29 is 0 Å². The van der Waals surface area contributed by atoms with Gasteiger partial charge in [-0.2, -0.15) is 0 Å². The number of benzene rings is 1. The molecule has 0 aliphatic heterocycles. The minimum atomic E-state index is -0.0106. The lowest BCUT2D eigenvalue weighted by atomic mass is 9.99. The van der Waals surface area contributed by atoms with Gasteiger partial charge in [-0.1, -0.05) is 29.3 Å². The smallest absolute Gasteiger partial charge is 0.0604 e. The quantitative estimate of drug-likeness (QED) is 0.919. The van der Waals surface area contributed by atoms with Crippen LogP contribution in [0.15, 0.2) is 36.7 Å². The lowest BCUT2D eigenvalue weighted by Crippen LogP contribution is -2.18. The standard InChI is InChI=1S/C14H14Cl2N2/c1-9-5-10(8-18-7-9)14(17-2)12-6-11(15)3-4-13(12)16/h3-8,14,17H,1-2H3. The van der Waals surface area contributed by atoms with Gasteiger partial charge in [0.05, 0.1) is 6.04 Å². The highest BCUT2D eigenvalue weighted by molar-refractivity contribution is 6.33. The van der Waals surface area contributed by atoms with Gasteiger partial charge in [-0.3, -0.25) is 4.98 Å². The van der Waals surface area contributed by atoms with Gasteiger partial charge in [0, 0.05) is 22.4 Å². The molecule has 18 heavy (non-hydrogen) atoms. The fourth-order valence-electron chi connectivity index (χ4n) is 1.97. The fourth-order valence-corrected chi connectivity index (χ4v) is 2.38. The topological polar surface area (TPSA) is 24.9 Å². The molecule has 2 aromatic rings. The number of hydrogen-bond acceptors (Lipinski definition) is 2. The van der Waals surface area contributed by atoms with Crippen molar-refractivity contribution in [1.82, 2.24) is 10.3 Å². The SMILES string of the molecule is CNC(c1cncc(C)c1)c1cc(Cl)ccc1Cl. The molecule has 0 bridgehead atoms. The molecule has 0 spiro atoms. The Hall–Kier alpha value is -1.09. The predicted octanol–water partition coefficient (Wildman–Crippen LogP) is 4.01. The minimum absolute atomic E-state index is 0.0106. The van der Waals surface area contributed by atoms with E-state index in [0.29, 0.717) is 10.0 Å². The van der Waals surface area contributed by atoms with E-state index < -0.39 is 0 Å². The summed E-state index contributed by atoms with van der Waals surface area (Å²) in [6, 6.07) is 7.56. The number of pyridine rings is 1. The summed E-state index contributed by atoms with van der Waals surface area (Å²) < 4.78 is 0. The van der Waals surface area contributed by atoms with E-state index in [4.69, 9.17) is 23.2 Å². The molecule has 1 N–H and O–H groups in total. The molecule has 0 amide bonds. The summed E-state index contributed by atoms with van der Waals surface area (Å²) in [7, 11) is 1.89. The normalized spacial score (nSPS) is 12.4. The van der Waals surface area contributed by atoms with E-state index in [-0.39, 0.29) is 6.04 Å². The van der Waals surface area contributed by atoms with Crippen molar-refractivity contribution in [1.29, 1.82) is 0 Å². The molecular weight excluding hydrogens is 267 g/mol. The number of halogens is 2. The van der Waals surface area contributed by atoms with Gasteiger partial charge >= 0.3 is 0 Å². The molecule has 0 saturated carbocycles. The number of aryl methyl sites for hydroxylation is 1. The van der Waals surface area contributed by atoms with E-state index >= 15 is 0 Å². The van der Waals surface area contributed by atoms with Crippen molar-refractivity contribution in [2.75, 3.05) is 7.05 Å². The molecule has 94 valence electrons. The first kappa shape index (κ1) is 13.3. The van der Waals surface area contributed by atoms with Crippen LogP contribution >= 0.6 is 23.2 Å². The predicted molar refractivity (Wildman–Crippen MR) is 76.3 cm³/mol. The molecule has 0 saturated heterocycles. The molecule has 1 atom stereocenters. The maximum absolute atomic E-state index is 6.24. The molecular formula is C14H14Cl2N2. The number of aromatic nitrogens is 1. The van der Waals surface area contributed by atoms with Gasteiger partial charge in [0.15, 0.2) is 0 Å². The van der Waals surface area contributed by atoms with Gasteiger partial charge in [0.25, 0.3) is 0 Å². The summed E-state index contributed by atoms with van der Waals surface area (Å²) in [5, 5.41) is 4.62. The third-order valence-electron chi connectivity index (χ3n) is 2.79. The molecule has 1 aromatic carbocycles. The van der Waals surface area contributed by atoms with E-state index in [1.807, 2.05) is 38.5 Å². The summed E-state index contributed by atoms with van der Waals surface area (Å²) in [6.45, 7) is 2.02. The molecule has 1 heterocycles. The Bertz CT molecular complexity index is 555. The highest BCUT2D eigenvalue weighted by Gasteiger charge is 2.16. The van der Waals surface area contributed by atoms with Crippen molar-refractivity contribution in [3.05, 3.63) is 63.4 Å². The average Bonchev–Trinajstić information content (AvgIpc) is 2.35. The number of nitrogens with one attached hydrogen (secondary N) is 1. The van der Waals surface area contributed by atoms with Crippen LogP contribution in [0.25, 0.3) is 0 Å². The van der Waals surface area contributed by atoms with E-state index in [0.717, 1.165) is 16.7 Å². The zero-order valence-corrected chi connectivity index (χ0v) is 11.8. The van der Waals surface area contributed by atoms with Gasteiger partial charge in [-0.05, 0) is 48.9 Å². The van der Waals surface area contributed by atoms with Crippen LogP contribution in [0.5, 0.6) is 0 Å². The summed E-state index contributed by atoms with van der Waals surface area (Å²) in [4.78, 5) is 4.21. The van der Waals surface area contributed by atoms with Gasteiger partial charge in [-0.15, -0.1) is 0 Å². The number of hydrogen-bond donors (Lipinski definition) is 1. The fraction of sp³-hybridized carbons (Fsp3) is 0.214. The van der Waals surface area contributed by atoms with Crippen molar-refractivity contribution in [3.63, 3.8) is 0 Å². The molecule has 4 heteroatoms. The van der Waals surface area contributed by atoms with Crippen molar-refractivity contribution in [2.45, 2.75) is 13.0 Å². The molecule has 0 radical (unpaired) electrons. The Labute approximate surface area is 117 Å². The van der Waals surface area contributed by atoms with E-state index in [9.17, 15) is 0 Å². The average molecular weight is 281 g/mol. The van der Waals surface area contributed by atoms with Crippen molar-refractivity contribution >= 4 is 23.2 Å². The molecule has 2 rings (SSSR count). The Morgan fingerprint density at radius 3 is 2.61 bits per heavy atom. The second-order valence-electron chi connectivity index (χ2n) is 4.18. The van der Waals surface area contributed by atoms with Crippen LogP contribution in [0.2, 0.25) is 10.0 Å². The lowest BCUT2D eigenvalue weighted by Gasteiger charge is -2.18. The summed E-state index contributed by atoms with van der Waals surface area (Å²) >= 11 is 12.3. The second kappa shape index (κ2) is 5.70. The van der Waals surface area contributed by atoms with Crippen LogP contribution in [-0.4, -0.2) is 12.0 Å². The van der Waals surface area contributed by atoms with Gasteiger partial charge < -0.3 is 5.32 Å². The Morgan fingerprint density at radius 2 is 1.94 bits per heavy atom. The van der Waals surface area contributed by atoms with Crippen LogP contribution in [0, 0.1) is 6.92 Å². The Kier molecular flexibility index (Phi) is 4.23. The van der Waals surface area contributed by atoms with Crippen LogP contribution in [0.1, 0.15) is 22.7 Å². The maximum atomic E-state index is 6.24. The minimum Gasteiger partial charge on any atom is -0.309 e. The molecule has 1 aromatic heterocycles. The Morgan fingerprint density at radius 1 is 1.17 bits per heavy atom. The molecule has 0 aliphatic carbocycles. The third-order valence-corrected chi connectivity index (χ3v) is 3.37. The van der Waals surface area contributed by atoms with Gasteiger partial charge in [0.1, 0.15) is 0 Å². The summed E-state index contributed by atoms with van der Waals surface area (Å²) in [6.07, 6.45) is 3.67. The zero-order valence-electron chi connectivity index (χ0n) is 10.2. The summed E-state index contributed by atoms with van der Waals surface area (Å²) in [5.41, 5.74) is 3.15. The van der Waals surface area contributed by atoms with Crippen LogP contribution in [0.4, 0.5) is 0 Å².